The topological polar surface area (TPSA) is 67.9 Å². The van der Waals surface area contributed by atoms with Gasteiger partial charge in [0.05, 0.1) is 6.54 Å². The number of rotatable bonds is 3. The van der Waals surface area contributed by atoms with Gasteiger partial charge in [-0.15, -0.1) is 0 Å². The van der Waals surface area contributed by atoms with E-state index in [1.807, 2.05) is 32.0 Å². The minimum absolute atomic E-state index is 0.0396. The standard InChI is InChI=1S/C15H18N2O4/c1-9(2)14-15(19)17(7-13(18)16-14)6-10-3-4-11-12(5-10)21-8-20-11/h3-5,9,14H,6-8H2,1-2H3,(H,16,18). The molecular formula is C15H18N2O4. The van der Waals surface area contributed by atoms with E-state index >= 15 is 0 Å². The Bertz CT molecular complexity index is 585. The lowest BCUT2D eigenvalue weighted by Crippen LogP contribution is -2.59. The predicted octanol–water partition coefficient (Wildman–Crippen LogP) is 0.898. The normalized spacial score (nSPS) is 20.9. The molecule has 0 aromatic heterocycles. The first-order valence-electron chi connectivity index (χ1n) is 7.01. The van der Waals surface area contributed by atoms with E-state index in [9.17, 15) is 9.59 Å². The molecule has 0 saturated carbocycles. The van der Waals surface area contributed by atoms with Gasteiger partial charge in [-0.3, -0.25) is 9.59 Å². The average molecular weight is 290 g/mol. The van der Waals surface area contributed by atoms with Gasteiger partial charge in [-0.25, -0.2) is 0 Å². The molecular weight excluding hydrogens is 272 g/mol. The summed E-state index contributed by atoms with van der Waals surface area (Å²) in [4.78, 5) is 25.8. The van der Waals surface area contributed by atoms with Crippen LogP contribution < -0.4 is 14.8 Å². The van der Waals surface area contributed by atoms with Crippen molar-refractivity contribution in [3.63, 3.8) is 0 Å². The van der Waals surface area contributed by atoms with Crippen LogP contribution in [-0.4, -0.2) is 36.1 Å². The van der Waals surface area contributed by atoms with Crippen molar-refractivity contribution in [3.8, 4) is 11.5 Å². The smallest absolute Gasteiger partial charge is 0.246 e. The van der Waals surface area contributed by atoms with Crippen molar-refractivity contribution in [1.82, 2.24) is 10.2 Å². The maximum absolute atomic E-state index is 12.4. The largest absolute Gasteiger partial charge is 0.454 e. The van der Waals surface area contributed by atoms with Gasteiger partial charge >= 0.3 is 0 Å². The van der Waals surface area contributed by atoms with Crippen LogP contribution in [0.5, 0.6) is 11.5 Å². The van der Waals surface area contributed by atoms with Crippen molar-refractivity contribution in [2.24, 2.45) is 5.92 Å². The Balaban J connectivity index is 1.77. The summed E-state index contributed by atoms with van der Waals surface area (Å²) in [6, 6.07) is 5.12. The molecule has 1 saturated heterocycles. The Morgan fingerprint density at radius 2 is 2.05 bits per heavy atom. The van der Waals surface area contributed by atoms with Crippen LogP contribution in [0, 0.1) is 5.92 Å². The molecule has 1 N–H and O–H groups in total. The monoisotopic (exact) mass is 290 g/mol. The summed E-state index contributed by atoms with van der Waals surface area (Å²) < 4.78 is 10.6. The third-order valence-corrected chi connectivity index (χ3v) is 3.71. The van der Waals surface area contributed by atoms with Gasteiger partial charge in [0.15, 0.2) is 11.5 Å². The molecule has 1 aromatic carbocycles. The molecule has 0 aliphatic carbocycles. The van der Waals surface area contributed by atoms with Crippen molar-refractivity contribution in [1.29, 1.82) is 0 Å². The number of hydrogen-bond acceptors (Lipinski definition) is 4. The van der Waals surface area contributed by atoms with Crippen LogP contribution in [0.4, 0.5) is 0 Å². The molecule has 2 heterocycles. The number of carbonyl (C=O) groups excluding carboxylic acids is 2. The Hall–Kier alpha value is -2.24. The molecule has 0 spiro atoms. The van der Waals surface area contributed by atoms with Crippen LogP contribution in [0.25, 0.3) is 0 Å². The van der Waals surface area contributed by atoms with Crippen LogP contribution in [0.2, 0.25) is 0 Å². The minimum atomic E-state index is -0.444. The molecule has 1 fully saturated rings. The Labute approximate surface area is 123 Å². The Morgan fingerprint density at radius 3 is 2.81 bits per heavy atom. The molecule has 2 amide bonds. The molecule has 21 heavy (non-hydrogen) atoms. The number of amides is 2. The van der Waals surface area contributed by atoms with E-state index in [0.29, 0.717) is 18.0 Å². The highest BCUT2D eigenvalue weighted by Gasteiger charge is 2.34. The van der Waals surface area contributed by atoms with Gasteiger partial charge in [0.2, 0.25) is 18.6 Å². The van der Waals surface area contributed by atoms with Crippen molar-refractivity contribution in [2.45, 2.75) is 26.4 Å². The van der Waals surface area contributed by atoms with Crippen molar-refractivity contribution in [3.05, 3.63) is 23.8 Å². The molecule has 0 radical (unpaired) electrons. The highest BCUT2D eigenvalue weighted by molar-refractivity contribution is 5.94. The second kappa shape index (κ2) is 5.27. The molecule has 1 unspecified atom stereocenters. The second-order valence-corrected chi connectivity index (χ2v) is 5.67. The first-order chi connectivity index (χ1) is 10.0. The lowest BCUT2D eigenvalue weighted by atomic mass is 10.0. The van der Waals surface area contributed by atoms with E-state index in [-0.39, 0.29) is 31.1 Å². The number of nitrogens with one attached hydrogen (secondary N) is 1. The van der Waals surface area contributed by atoms with E-state index < -0.39 is 6.04 Å². The highest BCUT2D eigenvalue weighted by Crippen LogP contribution is 2.33. The third-order valence-electron chi connectivity index (χ3n) is 3.71. The molecule has 3 rings (SSSR count). The zero-order valence-electron chi connectivity index (χ0n) is 12.1. The van der Waals surface area contributed by atoms with Crippen LogP contribution >= 0.6 is 0 Å². The van der Waals surface area contributed by atoms with Gasteiger partial charge in [-0.2, -0.15) is 0 Å². The van der Waals surface area contributed by atoms with Gasteiger partial charge < -0.3 is 19.7 Å². The molecule has 2 aliphatic rings. The SMILES string of the molecule is CC(C)C1NC(=O)CN(Cc2ccc3c(c2)OCO3)C1=O. The number of fused-ring (bicyclic) bond motifs is 1. The maximum Gasteiger partial charge on any atom is 0.246 e. The molecule has 112 valence electrons. The summed E-state index contributed by atoms with van der Waals surface area (Å²) in [5.74, 6) is 1.31. The van der Waals surface area contributed by atoms with Gasteiger partial charge in [0.1, 0.15) is 6.04 Å². The quantitative estimate of drug-likeness (QED) is 0.898. The van der Waals surface area contributed by atoms with Gasteiger partial charge in [-0.05, 0) is 23.6 Å². The minimum Gasteiger partial charge on any atom is -0.454 e. The van der Waals surface area contributed by atoms with Crippen LogP contribution in [0.1, 0.15) is 19.4 Å². The number of piperazine rings is 1. The number of carbonyl (C=O) groups is 2. The fourth-order valence-corrected chi connectivity index (χ4v) is 2.57. The third kappa shape index (κ3) is 2.66. The molecule has 6 nitrogen and oxygen atoms in total. The molecule has 0 bridgehead atoms. The second-order valence-electron chi connectivity index (χ2n) is 5.67. The molecule has 6 heteroatoms. The summed E-state index contributed by atoms with van der Waals surface area (Å²) in [6.45, 7) is 4.56. The maximum atomic E-state index is 12.4. The molecule has 1 atom stereocenters. The highest BCUT2D eigenvalue weighted by atomic mass is 16.7. The lowest BCUT2D eigenvalue weighted by molar-refractivity contribution is -0.146. The van der Waals surface area contributed by atoms with Crippen molar-refractivity contribution < 1.29 is 19.1 Å². The zero-order valence-corrected chi connectivity index (χ0v) is 12.1. The summed E-state index contributed by atoms with van der Waals surface area (Å²) in [6.07, 6.45) is 0. The van der Waals surface area contributed by atoms with Crippen molar-refractivity contribution >= 4 is 11.8 Å². The van der Waals surface area contributed by atoms with Crippen LogP contribution in [0.3, 0.4) is 0 Å². The van der Waals surface area contributed by atoms with Gasteiger partial charge in [-0.1, -0.05) is 19.9 Å². The van der Waals surface area contributed by atoms with Gasteiger partial charge in [0, 0.05) is 6.54 Å². The summed E-state index contributed by atoms with van der Waals surface area (Å²) in [7, 11) is 0. The van der Waals surface area contributed by atoms with E-state index in [2.05, 4.69) is 5.32 Å². The predicted molar refractivity (Wildman–Crippen MR) is 74.8 cm³/mol. The van der Waals surface area contributed by atoms with Crippen LogP contribution in [0.15, 0.2) is 18.2 Å². The van der Waals surface area contributed by atoms with E-state index in [1.165, 1.54) is 0 Å². The summed E-state index contributed by atoms with van der Waals surface area (Å²) in [5.41, 5.74) is 0.921. The first kappa shape index (κ1) is 13.7. The Kier molecular flexibility index (Phi) is 3.45. The fraction of sp³-hybridized carbons (Fsp3) is 0.467. The van der Waals surface area contributed by atoms with Gasteiger partial charge in [0.25, 0.3) is 0 Å². The summed E-state index contributed by atoms with van der Waals surface area (Å²) >= 11 is 0. The number of hydrogen-bond donors (Lipinski definition) is 1. The molecule has 1 aromatic rings. The van der Waals surface area contributed by atoms with E-state index in [4.69, 9.17) is 9.47 Å². The Morgan fingerprint density at radius 1 is 1.29 bits per heavy atom. The first-order valence-corrected chi connectivity index (χ1v) is 7.01. The molecule has 2 aliphatic heterocycles. The van der Waals surface area contributed by atoms with Crippen molar-refractivity contribution in [2.75, 3.05) is 13.3 Å². The summed E-state index contributed by atoms with van der Waals surface area (Å²) in [5, 5.41) is 2.75. The average Bonchev–Trinajstić information content (AvgIpc) is 2.89. The number of nitrogens with zero attached hydrogens (tertiary/aromatic N) is 1. The number of benzene rings is 1. The van der Waals surface area contributed by atoms with E-state index in [1.54, 1.807) is 4.90 Å². The van der Waals surface area contributed by atoms with E-state index in [0.717, 1.165) is 5.56 Å². The number of ether oxygens (including phenoxy) is 2. The zero-order chi connectivity index (χ0) is 15.0. The fourth-order valence-electron chi connectivity index (χ4n) is 2.57. The van der Waals surface area contributed by atoms with Crippen LogP contribution in [-0.2, 0) is 16.1 Å². The lowest BCUT2D eigenvalue weighted by Gasteiger charge is -2.34.